The number of nitrogens with zero attached hydrogens (tertiary/aromatic N) is 2. The van der Waals surface area contributed by atoms with Crippen molar-refractivity contribution in [2.75, 3.05) is 0 Å². The fourth-order valence-electron chi connectivity index (χ4n) is 0.826. The second-order valence-electron chi connectivity index (χ2n) is 2.27. The molecular formula is C7H6N2O2S. The van der Waals surface area contributed by atoms with Gasteiger partial charge in [0, 0.05) is 10.9 Å². The Bertz CT molecular complexity index is 338. The van der Waals surface area contributed by atoms with Crippen molar-refractivity contribution in [2.45, 2.75) is 6.92 Å². The highest BCUT2D eigenvalue weighted by Gasteiger charge is 2.09. The molecule has 1 aromatic rings. The molecule has 0 spiro atoms. The second-order valence-corrected chi connectivity index (χ2v) is 2.51. The van der Waals surface area contributed by atoms with Crippen molar-refractivity contribution in [1.29, 1.82) is 0 Å². The smallest absolute Gasteiger partial charge is 0.258 e. The molecule has 0 fully saturated rings. The molecule has 0 bridgehead atoms. The highest BCUT2D eigenvalue weighted by Crippen LogP contribution is 2.15. The summed E-state index contributed by atoms with van der Waals surface area (Å²) in [6, 6.07) is 1.59. The highest BCUT2D eigenvalue weighted by molar-refractivity contribution is 7.79. The molecule has 0 saturated carbocycles. The maximum absolute atomic E-state index is 10.4. The first-order valence-electron chi connectivity index (χ1n) is 3.21. The molecule has 0 atom stereocenters. The Balaban J connectivity index is 3.20. The molecule has 12 heavy (non-hydrogen) atoms. The summed E-state index contributed by atoms with van der Waals surface area (Å²) in [6.07, 6.45) is 1.22. The quantitative estimate of drug-likeness (QED) is 0.396. The zero-order valence-electron chi connectivity index (χ0n) is 6.35. The molecule has 0 aromatic carbocycles. The van der Waals surface area contributed by atoms with Gasteiger partial charge >= 0.3 is 0 Å². The van der Waals surface area contributed by atoms with Crippen LogP contribution in [0.3, 0.4) is 0 Å². The highest BCUT2D eigenvalue weighted by atomic mass is 32.1. The number of hydrogen-bond donors (Lipinski definition) is 0. The molecule has 0 radical (unpaired) electrons. The van der Waals surface area contributed by atoms with Crippen LogP contribution >= 0.6 is 12.2 Å². The Morgan fingerprint density at radius 3 is 2.83 bits per heavy atom. The molecule has 0 unspecified atom stereocenters. The van der Waals surface area contributed by atoms with Crippen molar-refractivity contribution in [3.05, 3.63) is 33.6 Å². The Kier molecular flexibility index (Phi) is 2.44. The molecule has 0 saturated heterocycles. The third kappa shape index (κ3) is 1.62. The van der Waals surface area contributed by atoms with Crippen LogP contribution in [0.15, 0.2) is 12.3 Å². The monoisotopic (exact) mass is 182 g/mol. The van der Waals surface area contributed by atoms with Gasteiger partial charge in [0.2, 0.25) is 0 Å². The molecule has 62 valence electrons. The molecule has 0 aliphatic heterocycles. The lowest BCUT2D eigenvalue weighted by atomic mass is 10.2. The molecule has 4 nitrogen and oxygen atoms in total. The van der Waals surface area contributed by atoms with Gasteiger partial charge in [0.05, 0.1) is 10.6 Å². The van der Waals surface area contributed by atoms with E-state index in [1.165, 1.54) is 11.6 Å². The van der Waals surface area contributed by atoms with Crippen LogP contribution in [-0.4, -0.2) is 15.3 Å². The van der Waals surface area contributed by atoms with Gasteiger partial charge in [-0.15, -0.1) is 0 Å². The molecular weight excluding hydrogens is 176 g/mol. The van der Waals surface area contributed by atoms with E-state index in [2.05, 4.69) is 17.2 Å². The Morgan fingerprint density at radius 2 is 2.42 bits per heavy atom. The van der Waals surface area contributed by atoms with Crippen LogP contribution in [0, 0.1) is 17.0 Å². The van der Waals surface area contributed by atoms with Gasteiger partial charge in [0.25, 0.3) is 5.69 Å². The number of rotatable bonds is 2. The lowest BCUT2D eigenvalue weighted by molar-refractivity contribution is -0.385. The summed E-state index contributed by atoms with van der Waals surface area (Å²) in [6.45, 7) is 1.65. The first-order valence-corrected chi connectivity index (χ1v) is 3.68. The normalized spacial score (nSPS) is 9.42. The topological polar surface area (TPSA) is 56.0 Å². The van der Waals surface area contributed by atoms with Crippen LogP contribution in [0.4, 0.5) is 5.69 Å². The lowest BCUT2D eigenvalue weighted by Gasteiger charge is -1.96. The summed E-state index contributed by atoms with van der Waals surface area (Å²) in [5.74, 6) is 0. The number of nitro groups is 1. The number of aromatic nitrogens is 1. The Hall–Kier alpha value is -1.36. The third-order valence-corrected chi connectivity index (χ3v) is 1.66. The van der Waals surface area contributed by atoms with Crippen molar-refractivity contribution < 1.29 is 4.92 Å². The van der Waals surface area contributed by atoms with Crippen LogP contribution in [0.25, 0.3) is 0 Å². The summed E-state index contributed by atoms with van der Waals surface area (Å²) in [4.78, 5) is 13.7. The van der Waals surface area contributed by atoms with E-state index < -0.39 is 4.92 Å². The molecule has 0 amide bonds. The van der Waals surface area contributed by atoms with Crippen LogP contribution in [0.1, 0.15) is 11.3 Å². The van der Waals surface area contributed by atoms with Crippen molar-refractivity contribution in [3.63, 3.8) is 0 Å². The van der Waals surface area contributed by atoms with Gasteiger partial charge in [0.15, 0.2) is 0 Å². The maximum atomic E-state index is 10.4. The largest absolute Gasteiger partial charge is 0.290 e. The molecule has 1 rings (SSSR count). The van der Waals surface area contributed by atoms with E-state index in [0.717, 1.165) is 0 Å². The van der Waals surface area contributed by atoms with Crippen LogP contribution in [0.5, 0.6) is 0 Å². The maximum Gasteiger partial charge on any atom is 0.290 e. The zero-order valence-corrected chi connectivity index (χ0v) is 7.17. The van der Waals surface area contributed by atoms with E-state index in [0.29, 0.717) is 11.3 Å². The summed E-state index contributed by atoms with van der Waals surface area (Å²) in [5, 5.41) is 11.7. The average molecular weight is 182 g/mol. The van der Waals surface area contributed by atoms with Gasteiger partial charge in [-0.25, -0.2) is 4.98 Å². The van der Waals surface area contributed by atoms with E-state index in [-0.39, 0.29) is 5.69 Å². The van der Waals surface area contributed by atoms with Crippen LogP contribution in [0.2, 0.25) is 0 Å². The number of aryl methyl sites for hydroxylation is 1. The first-order chi connectivity index (χ1) is 5.65. The fourth-order valence-corrected chi connectivity index (χ4v) is 0.955. The number of thiocarbonyl (C=S) groups is 1. The van der Waals surface area contributed by atoms with Crippen LogP contribution < -0.4 is 0 Å². The molecule has 1 heterocycles. The van der Waals surface area contributed by atoms with Gasteiger partial charge in [-0.1, -0.05) is 12.2 Å². The standard InChI is InChI=1S/C7H6N2O2S/c1-5-2-6(4-12)8-3-7(5)9(10)11/h2-4H,1H3. The van der Waals surface area contributed by atoms with Crippen molar-refractivity contribution in [1.82, 2.24) is 4.98 Å². The van der Waals surface area contributed by atoms with E-state index in [9.17, 15) is 10.1 Å². The summed E-state index contributed by atoms with van der Waals surface area (Å²) in [7, 11) is 0. The average Bonchev–Trinajstić information content (AvgIpc) is 2.03. The van der Waals surface area contributed by atoms with Gasteiger partial charge in [-0.3, -0.25) is 10.1 Å². The zero-order chi connectivity index (χ0) is 9.14. The molecule has 0 aliphatic rings. The molecule has 0 aliphatic carbocycles. The van der Waals surface area contributed by atoms with Gasteiger partial charge < -0.3 is 0 Å². The third-order valence-electron chi connectivity index (χ3n) is 1.42. The molecule has 0 N–H and O–H groups in total. The van der Waals surface area contributed by atoms with Crippen molar-refractivity contribution in [3.8, 4) is 0 Å². The predicted molar refractivity (Wildman–Crippen MR) is 48.4 cm³/mol. The number of hydrogen-bond acceptors (Lipinski definition) is 4. The first kappa shape index (κ1) is 8.73. The minimum atomic E-state index is -0.463. The van der Waals surface area contributed by atoms with Gasteiger partial charge in [0.1, 0.15) is 6.20 Å². The van der Waals surface area contributed by atoms with E-state index in [1.807, 2.05) is 0 Å². The SMILES string of the molecule is Cc1cc(C=S)ncc1[N+](=O)[O-]. The Morgan fingerprint density at radius 1 is 1.75 bits per heavy atom. The molecule has 1 aromatic heterocycles. The predicted octanol–water partition coefficient (Wildman–Crippen LogP) is 1.65. The molecule has 5 heteroatoms. The van der Waals surface area contributed by atoms with Gasteiger partial charge in [-0.05, 0) is 13.0 Å². The van der Waals surface area contributed by atoms with Crippen molar-refractivity contribution in [2.24, 2.45) is 0 Å². The minimum Gasteiger partial charge on any atom is -0.258 e. The van der Waals surface area contributed by atoms with E-state index >= 15 is 0 Å². The van der Waals surface area contributed by atoms with Crippen LogP contribution in [-0.2, 0) is 0 Å². The van der Waals surface area contributed by atoms with Gasteiger partial charge in [-0.2, -0.15) is 0 Å². The van der Waals surface area contributed by atoms with Crippen molar-refractivity contribution >= 4 is 23.3 Å². The minimum absolute atomic E-state index is 0.0237. The fraction of sp³-hybridized carbons (Fsp3) is 0.143. The number of pyridine rings is 1. The van der Waals surface area contributed by atoms with E-state index in [4.69, 9.17) is 0 Å². The Labute approximate surface area is 74.4 Å². The summed E-state index contributed by atoms with van der Waals surface area (Å²) < 4.78 is 0. The summed E-state index contributed by atoms with van der Waals surface area (Å²) in [5.41, 5.74) is 1.18. The lowest BCUT2D eigenvalue weighted by Crippen LogP contribution is -1.95. The second kappa shape index (κ2) is 3.36. The summed E-state index contributed by atoms with van der Waals surface area (Å²) >= 11 is 4.63. The van der Waals surface area contributed by atoms with E-state index in [1.54, 1.807) is 13.0 Å².